The van der Waals surface area contributed by atoms with Gasteiger partial charge in [-0.3, -0.25) is 4.79 Å². The number of benzene rings is 2. The van der Waals surface area contributed by atoms with E-state index in [0.717, 1.165) is 22.5 Å². The van der Waals surface area contributed by atoms with E-state index in [9.17, 15) is 13.2 Å². The van der Waals surface area contributed by atoms with Crippen LogP contribution in [-0.2, 0) is 21.2 Å². The van der Waals surface area contributed by atoms with E-state index in [1.165, 1.54) is 6.07 Å². The van der Waals surface area contributed by atoms with Crippen molar-refractivity contribution in [1.29, 1.82) is 0 Å². The van der Waals surface area contributed by atoms with Crippen LogP contribution in [0.15, 0.2) is 68.7 Å². The second-order valence-electron chi connectivity index (χ2n) is 6.38. The van der Waals surface area contributed by atoms with Crippen LogP contribution >= 0.6 is 38.9 Å². The van der Waals surface area contributed by atoms with Crippen molar-refractivity contribution in [2.75, 3.05) is 5.32 Å². The lowest BCUT2D eigenvalue weighted by molar-refractivity contribution is -0.117. The SMILES string of the molecule is Cc1ccc(NC(=O)[C@@H](Cc2ccccc2)NS(=O)(=O)c2ccc(Br)s2)cc1Cl. The summed E-state index contributed by atoms with van der Waals surface area (Å²) in [6.07, 6.45) is 0.206. The van der Waals surface area contributed by atoms with Gasteiger partial charge in [-0.1, -0.05) is 48.0 Å². The Kier molecular flexibility index (Phi) is 7.13. The van der Waals surface area contributed by atoms with Crippen molar-refractivity contribution >= 4 is 60.5 Å². The zero-order valence-corrected chi connectivity index (χ0v) is 19.3. The number of amides is 1. The molecule has 1 aromatic heterocycles. The lowest BCUT2D eigenvalue weighted by atomic mass is 10.1. The molecule has 3 aromatic rings. The number of anilines is 1. The second kappa shape index (κ2) is 9.40. The Balaban J connectivity index is 1.85. The molecule has 0 saturated carbocycles. The van der Waals surface area contributed by atoms with Crippen LogP contribution in [-0.4, -0.2) is 20.4 Å². The fourth-order valence-electron chi connectivity index (χ4n) is 2.63. The van der Waals surface area contributed by atoms with Crippen molar-refractivity contribution in [3.63, 3.8) is 0 Å². The van der Waals surface area contributed by atoms with E-state index in [0.29, 0.717) is 14.5 Å². The number of rotatable bonds is 7. The van der Waals surface area contributed by atoms with E-state index >= 15 is 0 Å². The molecule has 0 aliphatic heterocycles. The van der Waals surface area contributed by atoms with Crippen LogP contribution in [0.2, 0.25) is 5.02 Å². The van der Waals surface area contributed by atoms with Crippen LogP contribution in [0.4, 0.5) is 5.69 Å². The number of aryl methyl sites for hydroxylation is 1. The maximum atomic E-state index is 12.9. The summed E-state index contributed by atoms with van der Waals surface area (Å²) in [5.41, 5.74) is 2.22. The van der Waals surface area contributed by atoms with Gasteiger partial charge >= 0.3 is 0 Å². The van der Waals surface area contributed by atoms with Crippen LogP contribution in [0.5, 0.6) is 0 Å². The summed E-state index contributed by atoms with van der Waals surface area (Å²) < 4.78 is 28.9. The maximum absolute atomic E-state index is 12.9. The van der Waals surface area contributed by atoms with E-state index < -0.39 is 22.0 Å². The maximum Gasteiger partial charge on any atom is 0.250 e. The predicted molar refractivity (Wildman–Crippen MR) is 121 cm³/mol. The third-order valence-corrected chi connectivity index (χ3v) is 8.14. The highest BCUT2D eigenvalue weighted by atomic mass is 79.9. The van der Waals surface area contributed by atoms with Crippen molar-refractivity contribution in [1.82, 2.24) is 4.72 Å². The van der Waals surface area contributed by atoms with Gasteiger partial charge < -0.3 is 5.32 Å². The molecule has 0 aliphatic rings. The van der Waals surface area contributed by atoms with Gasteiger partial charge in [0, 0.05) is 10.7 Å². The van der Waals surface area contributed by atoms with Gasteiger partial charge in [-0.15, -0.1) is 11.3 Å². The molecule has 1 heterocycles. The first-order valence-corrected chi connectivity index (χ1v) is 12.1. The molecular weight excluding hydrogens is 496 g/mol. The highest BCUT2D eigenvalue weighted by Gasteiger charge is 2.27. The molecule has 0 bridgehead atoms. The summed E-state index contributed by atoms with van der Waals surface area (Å²) in [4.78, 5) is 12.9. The third-order valence-electron chi connectivity index (χ3n) is 4.15. The van der Waals surface area contributed by atoms with Crippen LogP contribution in [0.25, 0.3) is 0 Å². The Morgan fingerprint density at radius 3 is 2.48 bits per heavy atom. The van der Waals surface area contributed by atoms with Gasteiger partial charge in [-0.25, -0.2) is 8.42 Å². The molecule has 0 unspecified atom stereocenters. The lowest BCUT2D eigenvalue weighted by Gasteiger charge is -2.18. The van der Waals surface area contributed by atoms with Crippen LogP contribution in [0.3, 0.4) is 0 Å². The van der Waals surface area contributed by atoms with Crippen molar-refractivity contribution in [3.05, 3.63) is 80.6 Å². The van der Waals surface area contributed by atoms with Gasteiger partial charge in [-0.05, 0) is 64.7 Å². The monoisotopic (exact) mass is 512 g/mol. The van der Waals surface area contributed by atoms with Gasteiger partial charge in [0.05, 0.1) is 3.79 Å². The largest absolute Gasteiger partial charge is 0.325 e. The minimum Gasteiger partial charge on any atom is -0.325 e. The molecule has 0 radical (unpaired) electrons. The van der Waals surface area contributed by atoms with E-state index in [1.807, 2.05) is 37.3 Å². The number of sulfonamides is 1. The Morgan fingerprint density at radius 2 is 1.86 bits per heavy atom. The topological polar surface area (TPSA) is 75.3 Å². The van der Waals surface area contributed by atoms with Gasteiger partial charge in [-0.2, -0.15) is 4.72 Å². The van der Waals surface area contributed by atoms with E-state index in [-0.39, 0.29) is 10.6 Å². The smallest absolute Gasteiger partial charge is 0.250 e. The standard InChI is InChI=1S/C20H18BrClN2O3S2/c1-13-7-8-15(12-16(13)22)23-20(25)17(11-14-5-3-2-4-6-14)24-29(26,27)19-10-9-18(21)28-19/h2-10,12,17,24H,11H2,1H3,(H,23,25)/t17-/m1/s1. The number of thiophene rings is 1. The fourth-order valence-corrected chi connectivity index (χ4v) is 6.03. The molecule has 5 nitrogen and oxygen atoms in total. The first-order chi connectivity index (χ1) is 13.7. The summed E-state index contributed by atoms with van der Waals surface area (Å²) in [5.74, 6) is -0.465. The minimum atomic E-state index is -3.86. The molecule has 1 atom stereocenters. The van der Waals surface area contributed by atoms with E-state index in [1.54, 1.807) is 24.3 Å². The molecular formula is C20H18BrClN2O3S2. The highest BCUT2D eigenvalue weighted by molar-refractivity contribution is 9.11. The summed E-state index contributed by atoms with van der Waals surface area (Å²) in [6, 6.07) is 16.5. The van der Waals surface area contributed by atoms with Gasteiger partial charge in [0.25, 0.3) is 10.0 Å². The zero-order valence-electron chi connectivity index (χ0n) is 15.4. The highest BCUT2D eigenvalue weighted by Crippen LogP contribution is 2.26. The van der Waals surface area contributed by atoms with Crippen molar-refractivity contribution in [2.45, 2.75) is 23.6 Å². The molecule has 2 aromatic carbocycles. The van der Waals surface area contributed by atoms with Crippen LogP contribution in [0.1, 0.15) is 11.1 Å². The first kappa shape index (κ1) is 22.0. The van der Waals surface area contributed by atoms with Crippen LogP contribution < -0.4 is 10.0 Å². The molecule has 9 heteroatoms. The number of halogens is 2. The van der Waals surface area contributed by atoms with Crippen molar-refractivity contribution in [2.24, 2.45) is 0 Å². The Hall–Kier alpha value is -1.71. The predicted octanol–water partition coefficient (Wildman–Crippen LogP) is 5.00. The summed E-state index contributed by atoms with van der Waals surface area (Å²) >= 11 is 10.5. The molecule has 0 fully saturated rings. The van der Waals surface area contributed by atoms with E-state index in [4.69, 9.17) is 11.6 Å². The normalized spacial score (nSPS) is 12.5. The molecule has 0 aliphatic carbocycles. The average Bonchev–Trinajstić information content (AvgIpc) is 3.12. The Morgan fingerprint density at radius 1 is 1.14 bits per heavy atom. The first-order valence-electron chi connectivity index (χ1n) is 8.63. The molecule has 152 valence electrons. The number of nitrogens with one attached hydrogen (secondary N) is 2. The Bertz CT molecular complexity index is 1120. The minimum absolute atomic E-state index is 0.133. The summed E-state index contributed by atoms with van der Waals surface area (Å²) in [7, 11) is -3.86. The molecule has 29 heavy (non-hydrogen) atoms. The number of hydrogen-bond acceptors (Lipinski definition) is 4. The second-order valence-corrected chi connectivity index (χ2v) is 11.2. The van der Waals surface area contributed by atoms with Gasteiger partial charge in [0.1, 0.15) is 10.3 Å². The summed E-state index contributed by atoms with van der Waals surface area (Å²) in [6.45, 7) is 1.86. The van der Waals surface area contributed by atoms with Gasteiger partial charge in [0.2, 0.25) is 5.91 Å². The third kappa shape index (κ3) is 5.90. The zero-order chi connectivity index (χ0) is 21.0. The Labute approximate surface area is 187 Å². The van der Waals surface area contributed by atoms with E-state index in [2.05, 4.69) is 26.0 Å². The molecule has 2 N–H and O–H groups in total. The number of carbonyl (C=O) groups excluding carboxylic acids is 1. The average molecular weight is 514 g/mol. The van der Waals surface area contributed by atoms with Gasteiger partial charge in [0.15, 0.2) is 0 Å². The molecule has 0 saturated heterocycles. The molecule has 0 spiro atoms. The number of carbonyl (C=O) groups is 1. The fraction of sp³-hybridized carbons (Fsp3) is 0.150. The number of hydrogen-bond donors (Lipinski definition) is 2. The summed E-state index contributed by atoms with van der Waals surface area (Å²) in [5, 5.41) is 3.27. The molecule has 1 amide bonds. The molecule has 3 rings (SSSR count). The van der Waals surface area contributed by atoms with Crippen LogP contribution in [0, 0.1) is 6.92 Å². The lowest BCUT2D eigenvalue weighted by Crippen LogP contribution is -2.45. The quantitative estimate of drug-likeness (QED) is 0.467. The van der Waals surface area contributed by atoms with Crippen molar-refractivity contribution < 1.29 is 13.2 Å². The van der Waals surface area contributed by atoms with Crippen molar-refractivity contribution in [3.8, 4) is 0 Å².